The molecule has 1 fully saturated rings. The van der Waals surface area contributed by atoms with Gasteiger partial charge in [0, 0.05) is 29.9 Å². The minimum absolute atomic E-state index is 0.0282. The van der Waals surface area contributed by atoms with Crippen molar-refractivity contribution in [3.8, 4) is 0 Å². The van der Waals surface area contributed by atoms with Gasteiger partial charge in [0.15, 0.2) is 0 Å². The lowest BCUT2D eigenvalue weighted by atomic mass is 9.74. The predicted molar refractivity (Wildman–Crippen MR) is 127 cm³/mol. The molecular formula is C25H27ClFN3O3. The summed E-state index contributed by atoms with van der Waals surface area (Å²) in [6.07, 6.45) is 3.10. The van der Waals surface area contributed by atoms with Crippen LogP contribution in [0.15, 0.2) is 59.5 Å². The number of halogens is 2. The molecule has 3 aromatic rings. The number of fused-ring (bicyclic) bond motifs is 1. The predicted octanol–water partition coefficient (Wildman–Crippen LogP) is 4.84. The van der Waals surface area contributed by atoms with Gasteiger partial charge < -0.3 is 15.0 Å². The van der Waals surface area contributed by atoms with Gasteiger partial charge in [-0.25, -0.2) is 14.0 Å². The lowest BCUT2D eigenvalue weighted by Gasteiger charge is -2.39. The number of rotatable bonds is 5. The number of benzene rings is 2. The molecular weight excluding hydrogens is 445 g/mol. The maximum Gasteiger partial charge on any atom is 0.332 e. The molecule has 0 saturated heterocycles. The van der Waals surface area contributed by atoms with Crippen LogP contribution in [0.25, 0.3) is 10.8 Å². The van der Waals surface area contributed by atoms with E-state index < -0.39 is 12.1 Å². The Morgan fingerprint density at radius 1 is 1.21 bits per heavy atom. The lowest BCUT2D eigenvalue weighted by molar-refractivity contribution is 0.0778. The Kier molecular flexibility index (Phi) is 7.00. The van der Waals surface area contributed by atoms with Gasteiger partial charge in [0.05, 0.1) is 12.1 Å². The highest BCUT2D eigenvalue weighted by Crippen LogP contribution is 2.40. The molecule has 4 atom stereocenters. The third kappa shape index (κ3) is 4.89. The molecule has 1 aliphatic carbocycles. The maximum absolute atomic E-state index is 13.5. The first-order valence-corrected chi connectivity index (χ1v) is 11.5. The van der Waals surface area contributed by atoms with E-state index in [-0.39, 0.29) is 29.3 Å². The fourth-order valence-electron chi connectivity index (χ4n) is 5.02. The Balaban J connectivity index is 1.68. The van der Waals surface area contributed by atoms with Gasteiger partial charge in [-0.15, -0.1) is 0 Å². The minimum atomic E-state index is -0.441. The minimum Gasteiger partial charge on any atom is -0.393 e. The fraction of sp³-hybridized carbons (Fsp3) is 0.360. The molecule has 6 nitrogen and oxygen atoms in total. The van der Waals surface area contributed by atoms with Crippen LogP contribution in [0.2, 0.25) is 0 Å². The SMILES string of the molecule is CC(c1c[nH]c(=O)c2ccccc12)N(C[C@@H]1CC[C@@H](O)CC1c1ccc(F)cc1)C(=O)NCl. The highest BCUT2D eigenvalue weighted by Gasteiger charge is 2.35. The summed E-state index contributed by atoms with van der Waals surface area (Å²) in [6.45, 7) is 2.29. The number of hydrogen-bond donors (Lipinski definition) is 3. The van der Waals surface area contributed by atoms with Crippen LogP contribution in [-0.2, 0) is 0 Å². The monoisotopic (exact) mass is 471 g/mol. The summed E-state index contributed by atoms with van der Waals surface area (Å²) in [5, 5.41) is 11.6. The summed E-state index contributed by atoms with van der Waals surface area (Å²) in [5.41, 5.74) is 1.56. The summed E-state index contributed by atoms with van der Waals surface area (Å²) in [6, 6.07) is 12.8. The second-order valence-electron chi connectivity index (χ2n) is 8.73. The fourth-order valence-corrected chi connectivity index (χ4v) is 5.13. The van der Waals surface area contributed by atoms with Crippen molar-refractivity contribution in [1.82, 2.24) is 14.7 Å². The number of amides is 2. The number of aliphatic hydroxyl groups excluding tert-OH is 1. The molecule has 1 aliphatic rings. The molecule has 0 spiro atoms. The Bertz CT molecular complexity index is 1180. The van der Waals surface area contributed by atoms with Crippen LogP contribution >= 0.6 is 11.8 Å². The van der Waals surface area contributed by atoms with E-state index >= 15 is 0 Å². The zero-order valence-electron chi connectivity index (χ0n) is 18.3. The summed E-state index contributed by atoms with van der Waals surface area (Å²) in [7, 11) is 0. The maximum atomic E-state index is 13.5. The molecule has 2 amide bonds. The molecule has 2 aromatic carbocycles. The summed E-state index contributed by atoms with van der Waals surface area (Å²) in [5.74, 6) is -0.294. The number of nitrogens with one attached hydrogen (secondary N) is 2. The van der Waals surface area contributed by atoms with Crippen LogP contribution in [-0.4, -0.2) is 33.7 Å². The van der Waals surface area contributed by atoms with E-state index in [0.717, 1.165) is 16.5 Å². The van der Waals surface area contributed by atoms with Crippen molar-refractivity contribution in [2.24, 2.45) is 5.92 Å². The molecule has 0 aliphatic heterocycles. The summed E-state index contributed by atoms with van der Waals surface area (Å²) >= 11 is 5.75. The zero-order chi connectivity index (χ0) is 23.5. The van der Waals surface area contributed by atoms with Crippen molar-refractivity contribution >= 4 is 28.6 Å². The normalized spacial score (nSPS) is 21.5. The van der Waals surface area contributed by atoms with Crippen LogP contribution < -0.4 is 10.4 Å². The second-order valence-corrected chi connectivity index (χ2v) is 8.92. The van der Waals surface area contributed by atoms with Gasteiger partial charge >= 0.3 is 6.03 Å². The lowest BCUT2D eigenvalue weighted by Crippen LogP contribution is -2.43. The van der Waals surface area contributed by atoms with Crippen LogP contribution in [0.3, 0.4) is 0 Å². The van der Waals surface area contributed by atoms with Crippen molar-refractivity contribution in [2.75, 3.05) is 6.54 Å². The number of carbonyl (C=O) groups excluding carboxylic acids is 1. The number of aliphatic hydroxyl groups is 1. The smallest absolute Gasteiger partial charge is 0.332 e. The molecule has 4 rings (SSSR count). The molecule has 3 N–H and O–H groups in total. The first kappa shape index (κ1) is 23.3. The third-order valence-corrected chi connectivity index (χ3v) is 6.96. The molecule has 0 bridgehead atoms. The van der Waals surface area contributed by atoms with Gasteiger partial charge in [-0.05, 0) is 72.7 Å². The number of hydrogen-bond acceptors (Lipinski definition) is 3. The topological polar surface area (TPSA) is 85.4 Å². The summed E-state index contributed by atoms with van der Waals surface area (Å²) in [4.78, 5) is 31.8. The molecule has 1 saturated carbocycles. The third-order valence-electron chi connectivity index (χ3n) is 6.80. The summed E-state index contributed by atoms with van der Waals surface area (Å²) < 4.78 is 13.5. The van der Waals surface area contributed by atoms with E-state index in [1.165, 1.54) is 12.1 Å². The van der Waals surface area contributed by atoms with Gasteiger partial charge in [-0.1, -0.05) is 30.3 Å². The highest BCUT2D eigenvalue weighted by molar-refractivity contribution is 6.21. The largest absolute Gasteiger partial charge is 0.393 e. The van der Waals surface area contributed by atoms with Crippen LogP contribution in [0.4, 0.5) is 9.18 Å². The van der Waals surface area contributed by atoms with Gasteiger partial charge in [0.2, 0.25) is 0 Å². The van der Waals surface area contributed by atoms with Crippen molar-refractivity contribution in [1.29, 1.82) is 0 Å². The standard InChI is InChI=1S/C25H27ClFN3O3/c1-15(23-13-28-24(32)21-5-3-2-4-20(21)23)30(25(33)29-26)14-17-8-11-19(31)12-22(17)16-6-9-18(27)10-7-16/h2-7,9-10,13,15,17,19,22,31H,8,11-12,14H2,1H3,(H,28,32)(H,29,33)/t15?,17-,19+,22?/m0/s1. The van der Waals surface area contributed by atoms with E-state index in [9.17, 15) is 19.1 Å². The Morgan fingerprint density at radius 3 is 2.61 bits per heavy atom. The molecule has 8 heteroatoms. The van der Waals surface area contributed by atoms with Crippen molar-refractivity contribution in [2.45, 2.75) is 44.2 Å². The first-order chi connectivity index (χ1) is 15.9. The number of carbonyl (C=O) groups is 1. The number of nitrogens with zero attached hydrogens (tertiary/aromatic N) is 1. The number of aromatic nitrogens is 1. The van der Waals surface area contributed by atoms with Gasteiger partial charge in [0.25, 0.3) is 5.56 Å². The van der Waals surface area contributed by atoms with Gasteiger partial charge in [-0.3, -0.25) is 4.79 Å². The number of pyridine rings is 1. The Morgan fingerprint density at radius 2 is 1.91 bits per heavy atom. The van der Waals surface area contributed by atoms with Crippen molar-refractivity contribution < 1.29 is 14.3 Å². The molecule has 2 unspecified atom stereocenters. The van der Waals surface area contributed by atoms with Crippen LogP contribution in [0.5, 0.6) is 0 Å². The van der Waals surface area contributed by atoms with E-state index in [2.05, 4.69) is 9.82 Å². The van der Waals surface area contributed by atoms with E-state index in [0.29, 0.717) is 31.2 Å². The number of H-pyrrole nitrogens is 1. The van der Waals surface area contributed by atoms with Crippen molar-refractivity contribution in [3.05, 3.63) is 82.0 Å². The molecule has 33 heavy (non-hydrogen) atoms. The number of aromatic amines is 1. The molecule has 1 aromatic heterocycles. The molecule has 174 valence electrons. The molecule has 0 radical (unpaired) electrons. The zero-order valence-corrected chi connectivity index (χ0v) is 19.1. The highest BCUT2D eigenvalue weighted by atomic mass is 35.5. The first-order valence-electron chi connectivity index (χ1n) is 11.1. The average Bonchev–Trinajstić information content (AvgIpc) is 2.83. The Hall–Kier alpha value is -2.90. The average molecular weight is 472 g/mol. The van der Waals surface area contributed by atoms with Gasteiger partial charge in [0.1, 0.15) is 5.82 Å². The Labute approximate surface area is 196 Å². The van der Waals surface area contributed by atoms with E-state index in [1.807, 2.05) is 19.1 Å². The van der Waals surface area contributed by atoms with Crippen LogP contribution in [0, 0.1) is 11.7 Å². The van der Waals surface area contributed by atoms with E-state index in [1.54, 1.807) is 35.4 Å². The second kappa shape index (κ2) is 9.93. The quantitative estimate of drug-likeness (QED) is 0.465. The number of urea groups is 1. The van der Waals surface area contributed by atoms with Crippen molar-refractivity contribution in [3.63, 3.8) is 0 Å². The van der Waals surface area contributed by atoms with Gasteiger partial charge in [-0.2, -0.15) is 0 Å². The molecule has 1 heterocycles. The van der Waals surface area contributed by atoms with E-state index in [4.69, 9.17) is 11.8 Å². The van der Waals surface area contributed by atoms with Crippen LogP contribution in [0.1, 0.15) is 49.3 Å².